The molecular formula is H5BNO2PS. The first-order chi connectivity index (χ1) is 2.00. The Balaban J connectivity index is 0. The predicted octanol–water partition coefficient (Wildman–Crippen LogP) is -0.474. The molecule has 0 fully saturated rings. The summed E-state index contributed by atoms with van der Waals surface area (Å²) in [6, 6.07) is 0. The van der Waals surface area contributed by atoms with E-state index in [2.05, 4.69) is 19.4 Å². The average molecular weight is 125 g/mol. The Morgan fingerprint density at radius 3 is 1.50 bits per heavy atom. The van der Waals surface area contributed by atoms with Crippen molar-refractivity contribution in [3.63, 3.8) is 0 Å². The summed E-state index contributed by atoms with van der Waals surface area (Å²) in [5.74, 6) is 0. The fourth-order valence-corrected chi connectivity index (χ4v) is 0. The van der Waals surface area contributed by atoms with Crippen LogP contribution in [0.5, 0.6) is 0 Å². The molecule has 5 N–H and O–H groups in total. The summed E-state index contributed by atoms with van der Waals surface area (Å²) in [5.41, 5.74) is 0. The van der Waals surface area contributed by atoms with Crippen LogP contribution in [0.15, 0.2) is 0 Å². The Morgan fingerprint density at radius 2 is 1.50 bits per heavy atom. The normalized spacial score (nSPS) is 9.67. The van der Waals surface area contributed by atoms with E-state index in [0.29, 0.717) is 0 Å². The van der Waals surface area contributed by atoms with Gasteiger partial charge in [-0.1, -0.05) is 0 Å². The monoisotopic (exact) mass is 125 g/mol. The minimum absolute atomic E-state index is 0. The van der Waals surface area contributed by atoms with Gasteiger partial charge in [-0.25, -0.2) is 0 Å². The molecule has 2 radical (unpaired) electrons. The van der Waals surface area contributed by atoms with Crippen LogP contribution in [0.2, 0.25) is 0 Å². The van der Waals surface area contributed by atoms with Crippen LogP contribution in [0.25, 0.3) is 0 Å². The standard InChI is InChI=1S/BH2O2PS.H3N/c1-4(2,3)5;/h(H2,2,3,5);1H3. The Morgan fingerprint density at radius 1 is 1.50 bits per heavy atom. The van der Waals surface area contributed by atoms with Crippen LogP contribution in [0.1, 0.15) is 0 Å². The summed E-state index contributed by atoms with van der Waals surface area (Å²) in [5, 5.41) is 0. The highest BCUT2D eigenvalue weighted by Crippen LogP contribution is 2.25. The first-order valence-corrected chi connectivity index (χ1v) is 3.62. The maximum atomic E-state index is 7.78. The third kappa shape index (κ3) is 168. The van der Waals surface area contributed by atoms with E-state index in [1.54, 1.807) is 0 Å². The molecule has 0 saturated heterocycles. The number of rotatable bonds is 0. The molecule has 0 aliphatic carbocycles. The Kier molecular flexibility index (Phi) is 4.43. The van der Waals surface area contributed by atoms with Crippen molar-refractivity contribution < 1.29 is 9.79 Å². The average Bonchev–Trinajstić information content (AvgIpc) is 0.722. The smallest absolute Gasteiger partial charge is 0.199 e. The van der Waals surface area contributed by atoms with E-state index >= 15 is 0 Å². The third-order valence-electron chi connectivity index (χ3n) is 0. The van der Waals surface area contributed by atoms with Crippen molar-refractivity contribution in [1.82, 2.24) is 6.15 Å². The molecule has 0 aliphatic rings. The van der Waals surface area contributed by atoms with Crippen LogP contribution < -0.4 is 6.15 Å². The Hall–Kier alpha value is 0.595. The topological polar surface area (TPSA) is 75.5 Å². The van der Waals surface area contributed by atoms with E-state index in [9.17, 15) is 0 Å². The van der Waals surface area contributed by atoms with E-state index in [-0.39, 0.29) is 6.15 Å². The molecule has 0 saturated carbocycles. The molecule has 6 heavy (non-hydrogen) atoms. The summed E-state index contributed by atoms with van der Waals surface area (Å²) in [7, 11) is 4.39. The van der Waals surface area contributed by atoms with Gasteiger partial charge in [0, 0.05) is 0 Å². The summed E-state index contributed by atoms with van der Waals surface area (Å²) >= 11 is 3.83. The molecule has 6 heteroatoms. The fraction of sp³-hybridized carbons (Fsp3) is 0. The lowest BCUT2D eigenvalue weighted by molar-refractivity contribution is 0.500. The van der Waals surface area contributed by atoms with Crippen molar-refractivity contribution in [3.8, 4) is 0 Å². The summed E-state index contributed by atoms with van der Waals surface area (Å²) < 4.78 is 0. The van der Waals surface area contributed by atoms with Gasteiger partial charge in [0.05, 0.1) is 0 Å². The number of hydrogen-bond acceptors (Lipinski definition) is 2. The van der Waals surface area contributed by atoms with Crippen molar-refractivity contribution >= 4 is 25.7 Å². The summed E-state index contributed by atoms with van der Waals surface area (Å²) in [6.07, 6.45) is -3.31. The lowest BCUT2D eigenvalue weighted by Gasteiger charge is -1.91. The lowest BCUT2D eigenvalue weighted by Crippen LogP contribution is -1.67. The Labute approximate surface area is 42.5 Å². The molecule has 0 aromatic rings. The van der Waals surface area contributed by atoms with E-state index in [0.717, 1.165) is 0 Å². The molecule has 3 nitrogen and oxygen atoms in total. The largest absolute Gasteiger partial charge is 0.353 e. The lowest BCUT2D eigenvalue weighted by atomic mass is 10.8. The maximum absolute atomic E-state index is 7.78. The number of hydrogen-bond donors (Lipinski definition) is 3. The second-order valence-electron chi connectivity index (χ2n) is 0.589. The van der Waals surface area contributed by atoms with Gasteiger partial charge in [-0.05, 0) is 11.8 Å². The van der Waals surface area contributed by atoms with Crippen molar-refractivity contribution in [2.45, 2.75) is 0 Å². The molecule has 0 amide bonds. The third-order valence-corrected chi connectivity index (χ3v) is 0. The molecule has 0 aromatic carbocycles. The van der Waals surface area contributed by atoms with Gasteiger partial charge in [0.1, 0.15) is 6.37 Å². The predicted molar refractivity (Wildman–Crippen MR) is 29.5 cm³/mol. The molecule has 0 aromatic heterocycles. The molecule has 0 spiro atoms. The van der Waals surface area contributed by atoms with Crippen LogP contribution in [0.3, 0.4) is 0 Å². The molecule has 36 valence electrons. The van der Waals surface area contributed by atoms with Crippen molar-refractivity contribution in [3.05, 3.63) is 0 Å². The highest BCUT2D eigenvalue weighted by molar-refractivity contribution is 8.20. The molecular weight excluding hydrogens is 120 g/mol. The molecule has 0 atom stereocenters. The molecule has 0 unspecified atom stereocenters. The van der Waals surface area contributed by atoms with Gasteiger partial charge < -0.3 is 15.9 Å². The zero-order valence-corrected chi connectivity index (χ0v) is 4.75. The van der Waals surface area contributed by atoms with Gasteiger partial charge in [0.15, 0.2) is 7.57 Å². The van der Waals surface area contributed by atoms with Crippen LogP contribution in [0, 0.1) is 0 Å². The van der Waals surface area contributed by atoms with Crippen LogP contribution in [0.4, 0.5) is 0 Å². The second-order valence-corrected chi connectivity index (χ2v) is 3.38. The quantitative estimate of drug-likeness (QED) is 0.302. The van der Waals surface area contributed by atoms with E-state index in [4.69, 9.17) is 9.79 Å². The molecule has 0 bridgehead atoms. The molecule has 0 heterocycles. The minimum Gasteiger partial charge on any atom is -0.353 e. The van der Waals surface area contributed by atoms with E-state index in [1.807, 2.05) is 0 Å². The van der Waals surface area contributed by atoms with E-state index < -0.39 is 6.37 Å². The van der Waals surface area contributed by atoms with Crippen molar-refractivity contribution in [1.29, 1.82) is 0 Å². The highest BCUT2D eigenvalue weighted by atomic mass is 32.4. The van der Waals surface area contributed by atoms with Crippen molar-refractivity contribution in [2.75, 3.05) is 0 Å². The second kappa shape index (κ2) is 2.72. The van der Waals surface area contributed by atoms with Gasteiger partial charge in [0.2, 0.25) is 0 Å². The first kappa shape index (κ1) is 9.78. The minimum atomic E-state index is -3.31. The Bertz CT molecular complexity index is 59.7. The van der Waals surface area contributed by atoms with Gasteiger partial charge >= 0.3 is 0 Å². The van der Waals surface area contributed by atoms with Crippen LogP contribution >= 0.6 is 6.37 Å². The fourth-order valence-electron chi connectivity index (χ4n) is 0. The van der Waals surface area contributed by atoms with E-state index in [1.165, 1.54) is 0 Å². The summed E-state index contributed by atoms with van der Waals surface area (Å²) in [4.78, 5) is 15.6. The van der Waals surface area contributed by atoms with Gasteiger partial charge in [-0.2, -0.15) is 0 Å². The van der Waals surface area contributed by atoms with Gasteiger partial charge in [-0.15, -0.1) is 0 Å². The molecule has 0 aliphatic heterocycles. The van der Waals surface area contributed by atoms with Crippen LogP contribution in [-0.4, -0.2) is 17.4 Å². The van der Waals surface area contributed by atoms with Gasteiger partial charge in [-0.3, -0.25) is 0 Å². The summed E-state index contributed by atoms with van der Waals surface area (Å²) in [6.45, 7) is 0. The maximum Gasteiger partial charge on any atom is 0.199 e. The zero-order valence-electron chi connectivity index (χ0n) is 3.03. The highest BCUT2D eigenvalue weighted by Gasteiger charge is 1.88. The van der Waals surface area contributed by atoms with Gasteiger partial charge in [0.25, 0.3) is 0 Å². The SMILES string of the molecule is N.[B]P(O)(O)=S. The van der Waals surface area contributed by atoms with Crippen molar-refractivity contribution in [2.24, 2.45) is 0 Å². The molecule has 0 rings (SSSR count). The first-order valence-electron chi connectivity index (χ1n) is 0.841. The zero-order chi connectivity index (χ0) is 4.50. The van der Waals surface area contributed by atoms with Crippen LogP contribution in [-0.2, 0) is 11.8 Å².